The Hall–Kier alpha value is 1.92. The molecular formula is C3H4NSUW-. The van der Waals surface area contributed by atoms with Crippen LogP contribution in [0.2, 0.25) is 0 Å². The molecule has 1 nitrogen and oxygen atoms in total. The van der Waals surface area contributed by atoms with Crippen molar-refractivity contribution < 1.29 is 50.5 Å². The molecule has 0 unspecified atom stereocenters. The van der Waals surface area contributed by atoms with E-state index >= 15 is 0 Å². The predicted molar refractivity (Wildman–Crippen MR) is 25.4 cm³/mol. The monoisotopic (exact) mass is 508 g/mol. The van der Waals surface area contributed by atoms with Crippen molar-refractivity contribution in [2.24, 2.45) is 0 Å². The Labute approximate surface area is 82.3 Å². The van der Waals surface area contributed by atoms with Crippen LogP contribution in [-0.2, 0) is 19.4 Å². The van der Waals surface area contributed by atoms with Crippen molar-refractivity contribution in [1.29, 1.82) is 0 Å². The molecule has 0 spiro atoms. The van der Waals surface area contributed by atoms with Crippen molar-refractivity contribution in [3.63, 3.8) is 0 Å². The van der Waals surface area contributed by atoms with Gasteiger partial charge in [-0.05, 0) is 0 Å². The van der Waals surface area contributed by atoms with E-state index in [1.54, 1.807) is 11.9 Å². The van der Waals surface area contributed by atoms with Crippen molar-refractivity contribution >= 4 is 16.0 Å². The van der Waals surface area contributed by atoms with Gasteiger partial charge < -0.3 is 0 Å². The molecule has 0 N–H and O–H groups in total. The van der Waals surface area contributed by atoms with E-state index in [9.17, 15) is 0 Å². The Balaban J connectivity index is 0.000000360. The SMILES string of the molecule is [U].[W]=[C]1CCS[N-]1. The quantitative estimate of drug-likeness (QED) is 0.448. The molecule has 0 atom stereocenters. The first-order valence-corrected chi connectivity index (χ1v) is 4.16. The van der Waals surface area contributed by atoms with Crippen LogP contribution in [0.25, 0.3) is 4.72 Å². The fourth-order valence-electron chi connectivity index (χ4n) is 0.296. The summed E-state index contributed by atoms with van der Waals surface area (Å²) in [6.45, 7) is 0. The van der Waals surface area contributed by atoms with Gasteiger partial charge in [0.1, 0.15) is 0 Å². The average molecular weight is 508 g/mol. The summed E-state index contributed by atoms with van der Waals surface area (Å²) < 4.78 is 5.48. The van der Waals surface area contributed by atoms with Crippen molar-refractivity contribution in [3.05, 3.63) is 4.72 Å². The van der Waals surface area contributed by atoms with Crippen molar-refractivity contribution in [1.82, 2.24) is 0 Å². The molecule has 0 aromatic carbocycles. The normalized spacial score (nSPS) is 19.1. The average Bonchev–Trinajstić information content (AvgIpc) is 1.86. The summed E-state index contributed by atoms with van der Waals surface area (Å²) in [6.07, 6.45) is 1.24. The minimum absolute atomic E-state index is 0. The van der Waals surface area contributed by atoms with E-state index in [0.29, 0.717) is 0 Å². The Kier molecular flexibility index (Phi) is 6.07. The summed E-state index contributed by atoms with van der Waals surface area (Å²) in [4.78, 5) is 0. The molecular weight excluding hydrogens is 504 g/mol. The second kappa shape index (κ2) is 4.77. The van der Waals surface area contributed by atoms with Crippen LogP contribution in [0.15, 0.2) is 0 Å². The third-order valence-electron chi connectivity index (χ3n) is 0.574. The van der Waals surface area contributed by atoms with Gasteiger partial charge >= 0.3 is 52.2 Å². The van der Waals surface area contributed by atoms with Crippen LogP contribution >= 0.6 is 11.9 Å². The second-order valence-corrected chi connectivity index (χ2v) is 3.61. The Bertz CT molecular complexity index is 69.3. The van der Waals surface area contributed by atoms with Gasteiger partial charge in [0.25, 0.3) is 0 Å². The molecule has 0 aromatic heterocycles. The van der Waals surface area contributed by atoms with Gasteiger partial charge in [-0.25, -0.2) is 0 Å². The summed E-state index contributed by atoms with van der Waals surface area (Å²) in [7, 11) is 0. The maximum absolute atomic E-state index is 4.11. The molecule has 0 radical (unpaired) electrons. The molecule has 4 heteroatoms. The third kappa shape index (κ3) is 3.49. The third-order valence-corrected chi connectivity index (χ3v) is 2.83. The van der Waals surface area contributed by atoms with Gasteiger partial charge in [-0.1, -0.05) is 0 Å². The van der Waals surface area contributed by atoms with Gasteiger partial charge in [0.15, 0.2) is 0 Å². The number of hydrogen-bond donors (Lipinski definition) is 0. The van der Waals surface area contributed by atoms with Gasteiger partial charge in [-0.3, -0.25) is 0 Å². The van der Waals surface area contributed by atoms with Gasteiger partial charge in [-0.2, -0.15) is 0 Å². The molecule has 1 aliphatic heterocycles. The second-order valence-electron chi connectivity index (χ2n) is 1.07. The Morgan fingerprint density at radius 3 is 2.57 bits per heavy atom. The Morgan fingerprint density at radius 1 is 1.71 bits per heavy atom. The summed E-state index contributed by atoms with van der Waals surface area (Å²) in [5.74, 6) is 1.22. The number of hydrogen-bond acceptors (Lipinski definition) is 1. The van der Waals surface area contributed by atoms with Crippen molar-refractivity contribution in [3.8, 4) is 0 Å². The van der Waals surface area contributed by atoms with Crippen molar-refractivity contribution in [2.75, 3.05) is 5.75 Å². The fraction of sp³-hybridized carbons (Fsp3) is 0.667. The molecule has 1 fully saturated rings. The van der Waals surface area contributed by atoms with E-state index < -0.39 is 0 Å². The van der Waals surface area contributed by atoms with E-state index in [0.717, 1.165) is 0 Å². The van der Waals surface area contributed by atoms with E-state index in [-0.39, 0.29) is 31.1 Å². The zero-order valence-corrected chi connectivity index (χ0v) is 11.6. The molecule has 0 bridgehead atoms. The summed E-state index contributed by atoms with van der Waals surface area (Å²) in [5, 5.41) is 0. The van der Waals surface area contributed by atoms with Gasteiger partial charge in [0.2, 0.25) is 0 Å². The van der Waals surface area contributed by atoms with Crippen molar-refractivity contribution in [2.45, 2.75) is 6.42 Å². The topological polar surface area (TPSA) is 14.1 Å². The van der Waals surface area contributed by atoms with Crippen LogP contribution in [0.4, 0.5) is 0 Å². The molecule has 0 aliphatic carbocycles. The van der Waals surface area contributed by atoms with Gasteiger partial charge in [0.05, 0.1) is 0 Å². The molecule has 0 saturated carbocycles. The first-order valence-electron chi connectivity index (χ1n) is 1.75. The number of nitrogens with zero attached hydrogens (tertiary/aromatic N) is 1. The first-order chi connectivity index (χ1) is 2.89. The summed E-state index contributed by atoms with van der Waals surface area (Å²) in [5.41, 5.74) is 0. The minimum atomic E-state index is 0. The van der Waals surface area contributed by atoms with Gasteiger partial charge in [-0.15, -0.1) is 0 Å². The molecule has 1 saturated heterocycles. The van der Waals surface area contributed by atoms with Crippen LogP contribution in [0.3, 0.4) is 0 Å². The van der Waals surface area contributed by atoms with E-state index in [1.165, 1.54) is 35.5 Å². The molecule has 7 heavy (non-hydrogen) atoms. The van der Waals surface area contributed by atoms with E-state index in [1.807, 2.05) is 0 Å². The zero-order chi connectivity index (χ0) is 4.41. The molecule has 1 heterocycles. The van der Waals surface area contributed by atoms with Crippen LogP contribution < -0.4 is 0 Å². The van der Waals surface area contributed by atoms with Gasteiger partial charge in [0, 0.05) is 31.1 Å². The summed E-state index contributed by atoms with van der Waals surface area (Å²) in [6, 6.07) is 0. The molecule has 1 rings (SSSR count). The maximum atomic E-state index is 4.11. The van der Waals surface area contributed by atoms with Crippen LogP contribution in [0.5, 0.6) is 0 Å². The molecule has 0 aromatic rings. The van der Waals surface area contributed by atoms with E-state index in [2.05, 4.69) is 4.72 Å². The Morgan fingerprint density at radius 2 is 2.43 bits per heavy atom. The molecule has 38 valence electrons. The zero-order valence-electron chi connectivity index (χ0n) is 3.68. The van der Waals surface area contributed by atoms with Crippen LogP contribution in [0.1, 0.15) is 6.42 Å². The van der Waals surface area contributed by atoms with Crippen LogP contribution in [0, 0.1) is 31.1 Å². The predicted octanol–water partition coefficient (Wildman–Crippen LogP) is 1.09. The van der Waals surface area contributed by atoms with E-state index in [4.69, 9.17) is 0 Å². The first kappa shape index (κ1) is 8.92. The fourth-order valence-corrected chi connectivity index (χ4v) is 2.35. The number of rotatable bonds is 0. The molecule has 0 amide bonds. The van der Waals surface area contributed by atoms with Crippen LogP contribution in [-0.4, -0.2) is 9.77 Å². The summed E-state index contributed by atoms with van der Waals surface area (Å²) >= 11 is 3.23. The standard InChI is InChI=1S/C3H4NS.U.W/c1-2-4-5-3-1;;/h1,3H2;;/q-1;;. The molecule has 1 aliphatic rings.